The number of rotatable bonds is 5. The lowest BCUT2D eigenvalue weighted by molar-refractivity contribution is -0.140. The third kappa shape index (κ3) is 3.28. The van der Waals surface area contributed by atoms with Crippen LogP contribution in [0.4, 0.5) is 5.82 Å². The summed E-state index contributed by atoms with van der Waals surface area (Å²) in [5, 5.41) is 6.65. The summed E-state index contributed by atoms with van der Waals surface area (Å²) in [5.41, 5.74) is 0.758. The fraction of sp³-hybridized carbons (Fsp3) is 0.312. The van der Waals surface area contributed by atoms with Gasteiger partial charge in [-0.1, -0.05) is 0 Å². The fourth-order valence-corrected chi connectivity index (χ4v) is 3.51. The van der Waals surface area contributed by atoms with E-state index in [-0.39, 0.29) is 24.6 Å². The largest absolute Gasteiger partial charge is 0.460 e. The van der Waals surface area contributed by atoms with Crippen molar-refractivity contribution >= 4 is 23.1 Å². The maximum absolute atomic E-state index is 12.6. The molecule has 0 saturated carbocycles. The van der Waals surface area contributed by atoms with Crippen molar-refractivity contribution in [1.82, 2.24) is 9.97 Å². The normalized spacial score (nSPS) is 16.3. The molecule has 0 fully saturated rings. The van der Waals surface area contributed by atoms with Gasteiger partial charge in [-0.05, 0) is 29.3 Å². The standard InChI is InChI=1S/C16H17N3O5S/c1-8-10(15(21)24-5-4-23-2)11(9-3-6-25-7-9)12-13(17-8)18-16(22)19-14(12)20/h3,6-7,11H,4-5H2,1-2H3,(H3,17,18,19,20,22)/t11-/m0/s1. The predicted octanol–water partition coefficient (Wildman–Crippen LogP) is 1.15. The van der Waals surface area contributed by atoms with Crippen LogP contribution < -0.4 is 16.6 Å². The van der Waals surface area contributed by atoms with Crippen LogP contribution in [0, 0.1) is 0 Å². The number of esters is 1. The summed E-state index contributed by atoms with van der Waals surface area (Å²) >= 11 is 1.45. The van der Waals surface area contributed by atoms with E-state index in [1.807, 2.05) is 16.8 Å². The highest BCUT2D eigenvalue weighted by Crippen LogP contribution is 2.39. The molecule has 9 heteroatoms. The monoisotopic (exact) mass is 363 g/mol. The maximum Gasteiger partial charge on any atom is 0.336 e. The van der Waals surface area contributed by atoms with Gasteiger partial charge in [0.05, 0.1) is 23.7 Å². The first kappa shape index (κ1) is 17.2. The van der Waals surface area contributed by atoms with Gasteiger partial charge in [0.2, 0.25) is 0 Å². The second-order valence-corrected chi connectivity index (χ2v) is 6.26. The Morgan fingerprint density at radius 3 is 2.76 bits per heavy atom. The minimum absolute atomic E-state index is 0.108. The summed E-state index contributed by atoms with van der Waals surface area (Å²) in [5.74, 6) is -0.872. The van der Waals surface area contributed by atoms with Crippen LogP contribution in [-0.4, -0.2) is 36.3 Å². The number of ether oxygens (including phenoxy) is 2. The molecule has 0 amide bonds. The lowest BCUT2D eigenvalue weighted by Gasteiger charge is -2.28. The van der Waals surface area contributed by atoms with Gasteiger partial charge in [-0.2, -0.15) is 11.3 Å². The number of fused-ring (bicyclic) bond motifs is 1. The van der Waals surface area contributed by atoms with Crippen molar-refractivity contribution in [3.63, 3.8) is 0 Å². The number of H-pyrrole nitrogens is 2. The Kier molecular flexibility index (Phi) is 4.86. The lowest BCUT2D eigenvalue weighted by Crippen LogP contribution is -2.35. The minimum Gasteiger partial charge on any atom is -0.460 e. The Bertz CT molecular complexity index is 926. The quantitative estimate of drug-likeness (QED) is 0.542. The topological polar surface area (TPSA) is 113 Å². The SMILES string of the molecule is COCCOC(=O)C1=C(C)Nc2[nH]c(=O)[nH]c(=O)c2[C@H]1c1ccsc1. The van der Waals surface area contributed by atoms with Gasteiger partial charge < -0.3 is 14.8 Å². The van der Waals surface area contributed by atoms with E-state index in [1.54, 1.807) is 6.92 Å². The maximum atomic E-state index is 12.6. The molecule has 1 aliphatic rings. The van der Waals surface area contributed by atoms with Gasteiger partial charge in [0.15, 0.2) is 0 Å². The van der Waals surface area contributed by atoms with E-state index in [4.69, 9.17) is 9.47 Å². The number of nitrogens with one attached hydrogen (secondary N) is 3. The zero-order valence-corrected chi connectivity index (χ0v) is 14.5. The molecule has 2 aromatic heterocycles. The Morgan fingerprint density at radius 2 is 2.08 bits per heavy atom. The second-order valence-electron chi connectivity index (χ2n) is 5.48. The average Bonchev–Trinajstić information content (AvgIpc) is 3.07. The molecule has 8 nitrogen and oxygen atoms in total. The summed E-state index contributed by atoms with van der Waals surface area (Å²) in [7, 11) is 1.51. The molecule has 1 aliphatic heterocycles. The van der Waals surface area contributed by atoms with Crippen LogP contribution in [0.5, 0.6) is 0 Å². The number of hydrogen-bond donors (Lipinski definition) is 3. The number of aromatic amines is 2. The first-order chi connectivity index (χ1) is 12.0. The molecular weight excluding hydrogens is 346 g/mol. The van der Waals surface area contributed by atoms with Gasteiger partial charge in [-0.25, -0.2) is 9.59 Å². The number of anilines is 1. The van der Waals surface area contributed by atoms with Gasteiger partial charge in [-0.3, -0.25) is 14.8 Å². The molecule has 0 bridgehead atoms. The van der Waals surface area contributed by atoms with E-state index in [2.05, 4.69) is 15.3 Å². The molecule has 0 saturated heterocycles. The molecule has 3 rings (SSSR count). The van der Waals surface area contributed by atoms with E-state index in [0.717, 1.165) is 5.56 Å². The Morgan fingerprint density at radius 1 is 1.28 bits per heavy atom. The Balaban J connectivity index is 2.12. The van der Waals surface area contributed by atoms with Crippen molar-refractivity contribution < 1.29 is 14.3 Å². The highest BCUT2D eigenvalue weighted by molar-refractivity contribution is 7.08. The molecule has 0 spiro atoms. The van der Waals surface area contributed by atoms with Crippen molar-refractivity contribution in [2.24, 2.45) is 0 Å². The molecule has 1 atom stereocenters. The van der Waals surface area contributed by atoms with Crippen molar-refractivity contribution in [2.75, 3.05) is 25.6 Å². The summed E-state index contributed by atoms with van der Waals surface area (Å²) in [4.78, 5) is 41.4. The van der Waals surface area contributed by atoms with Crippen LogP contribution >= 0.6 is 11.3 Å². The van der Waals surface area contributed by atoms with Gasteiger partial charge in [0.1, 0.15) is 12.4 Å². The van der Waals surface area contributed by atoms with Crippen LogP contribution in [-0.2, 0) is 14.3 Å². The third-order valence-corrected chi connectivity index (χ3v) is 4.59. The van der Waals surface area contributed by atoms with Crippen molar-refractivity contribution in [1.29, 1.82) is 0 Å². The molecular formula is C16H17N3O5S. The van der Waals surface area contributed by atoms with Crippen molar-refractivity contribution in [2.45, 2.75) is 12.8 Å². The van der Waals surface area contributed by atoms with Crippen LogP contribution in [0.3, 0.4) is 0 Å². The van der Waals surface area contributed by atoms with E-state index in [9.17, 15) is 14.4 Å². The molecule has 2 aromatic rings. The van der Waals surface area contributed by atoms with E-state index in [1.165, 1.54) is 18.4 Å². The molecule has 0 unspecified atom stereocenters. The van der Waals surface area contributed by atoms with E-state index >= 15 is 0 Å². The highest BCUT2D eigenvalue weighted by Gasteiger charge is 2.36. The molecule has 3 N–H and O–H groups in total. The molecule has 25 heavy (non-hydrogen) atoms. The molecule has 0 radical (unpaired) electrons. The van der Waals surface area contributed by atoms with Gasteiger partial charge in [0, 0.05) is 12.8 Å². The Labute approximate surface area is 146 Å². The summed E-state index contributed by atoms with van der Waals surface area (Å²) < 4.78 is 10.1. The predicted molar refractivity (Wildman–Crippen MR) is 93.0 cm³/mol. The van der Waals surface area contributed by atoms with Crippen LogP contribution in [0.2, 0.25) is 0 Å². The summed E-state index contributed by atoms with van der Waals surface area (Å²) in [6, 6.07) is 1.84. The minimum atomic E-state index is -0.627. The zero-order chi connectivity index (χ0) is 18.0. The first-order valence-corrected chi connectivity index (χ1v) is 8.49. The number of carbonyl (C=O) groups excluding carboxylic acids is 1. The van der Waals surface area contributed by atoms with Crippen molar-refractivity contribution in [3.8, 4) is 0 Å². The number of carbonyl (C=O) groups is 1. The van der Waals surface area contributed by atoms with E-state index < -0.39 is 23.1 Å². The fourth-order valence-electron chi connectivity index (χ4n) is 2.82. The third-order valence-electron chi connectivity index (χ3n) is 3.89. The van der Waals surface area contributed by atoms with Crippen LogP contribution in [0.1, 0.15) is 24.0 Å². The molecule has 0 aliphatic carbocycles. The van der Waals surface area contributed by atoms with Gasteiger partial charge in [-0.15, -0.1) is 0 Å². The van der Waals surface area contributed by atoms with Gasteiger partial charge in [0.25, 0.3) is 5.56 Å². The smallest absolute Gasteiger partial charge is 0.336 e. The average molecular weight is 363 g/mol. The van der Waals surface area contributed by atoms with Gasteiger partial charge >= 0.3 is 11.7 Å². The Hall–Kier alpha value is -2.65. The number of thiophene rings is 1. The number of allylic oxidation sites excluding steroid dienone is 1. The first-order valence-electron chi connectivity index (χ1n) is 7.55. The summed E-state index contributed by atoms with van der Waals surface area (Å²) in [6.07, 6.45) is 0. The number of aromatic nitrogens is 2. The molecule has 132 valence electrons. The van der Waals surface area contributed by atoms with Crippen LogP contribution in [0.15, 0.2) is 37.7 Å². The van der Waals surface area contributed by atoms with Crippen molar-refractivity contribution in [3.05, 3.63) is 60.1 Å². The molecule has 3 heterocycles. The lowest BCUT2D eigenvalue weighted by atomic mass is 9.83. The highest BCUT2D eigenvalue weighted by atomic mass is 32.1. The summed E-state index contributed by atoms with van der Waals surface area (Å²) in [6.45, 7) is 2.09. The zero-order valence-electron chi connectivity index (χ0n) is 13.7. The number of methoxy groups -OCH3 is 1. The van der Waals surface area contributed by atoms with E-state index in [0.29, 0.717) is 11.3 Å². The molecule has 0 aromatic carbocycles. The van der Waals surface area contributed by atoms with Crippen LogP contribution in [0.25, 0.3) is 0 Å². The number of hydrogen-bond acceptors (Lipinski definition) is 7. The second kappa shape index (κ2) is 7.08.